The second-order valence-corrected chi connectivity index (χ2v) is 9.22. The van der Waals surface area contributed by atoms with Crippen molar-refractivity contribution in [3.8, 4) is 0 Å². The number of hydrogen-bond acceptors (Lipinski definition) is 10. The summed E-state index contributed by atoms with van der Waals surface area (Å²) in [7, 11) is -4.75. The molecule has 0 heterocycles. The van der Waals surface area contributed by atoms with E-state index >= 15 is 0 Å². The summed E-state index contributed by atoms with van der Waals surface area (Å²) < 4.78 is 56.3. The number of nitro benzene ring substituents is 1. The van der Waals surface area contributed by atoms with Gasteiger partial charge in [0, 0.05) is 18.3 Å². The molecule has 13 heteroatoms. The van der Waals surface area contributed by atoms with E-state index < -0.39 is 56.9 Å². The summed E-state index contributed by atoms with van der Waals surface area (Å²) in [4.78, 5) is 34.7. The number of carbonyl (C=O) groups is 2. The Balaban J connectivity index is 1.92. The van der Waals surface area contributed by atoms with E-state index in [9.17, 15) is 32.5 Å². The lowest BCUT2D eigenvalue weighted by molar-refractivity contribution is -0.384. The van der Waals surface area contributed by atoms with Crippen molar-refractivity contribution in [1.82, 2.24) is 0 Å². The lowest BCUT2D eigenvalue weighted by Gasteiger charge is -2.27. The minimum Gasteiger partial charge on any atom is -0.459 e. The Hall–Kier alpha value is -4.49. The zero-order valence-electron chi connectivity index (χ0n) is 19.5. The number of rotatable bonds is 12. The molecule has 3 aromatic carbocycles. The number of nitrogens with one attached hydrogen (secondary N) is 1. The Morgan fingerprint density at radius 1 is 0.921 bits per heavy atom. The zero-order valence-corrected chi connectivity index (χ0v) is 20.3. The summed E-state index contributed by atoms with van der Waals surface area (Å²) in [6.45, 7) is -0.888. The topological polar surface area (TPSA) is 163 Å². The van der Waals surface area contributed by atoms with Gasteiger partial charge in [-0.2, -0.15) is 8.42 Å². The van der Waals surface area contributed by atoms with Crippen LogP contribution in [0.1, 0.15) is 20.7 Å². The maximum absolute atomic E-state index is 14.9. The summed E-state index contributed by atoms with van der Waals surface area (Å²) >= 11 is 0. The lowest BCUT2D eigenvalue weighted by Crippen LogP contribution is -2.45. The van der Waals surface area contributed by atoms with Gasteiger partial charge in [-0.3, -0.25) is 14.3 Å². The standard InChI is InChI=1S/C25H21FN2O9S/c26-21(15-27)23(36-25(30)18-9-5-2-6-10-18)22(16-35-24(29)17-7-3-1-4-8-17)37-38(33,34)20-13-11-19(12-14-20)28(31)32/h1-15,21-23,27H,16H2/t21-,22-,23+/m1/s1. The molecule has 0 aliphatic heterocycles. The molecule has 198 valence electrons. The monoisotopic (exact) mass is 544 g/mol. The Morgan fingerprint density at radius 2 is 1.45 bits per heavy atom. The van der Waals surface area contributed by atoms with Crippen molar-refractivity contribution in [3.63, 3.8) is 0 Å². The predicted octanol–water partition coefficient (Wildman–Crippen LogP) is 3.74. The number of hydrogen-bond donors (Lipinski definition) is 1. The number of nitro groups is 1. The number of carbonyl (C=O) groups excluding carboxylic acids is 2. The van der Waals surface area contributed by atoms with Crippen LogP contribution in [0.25, 0.3) is 0 Å². The van der Waals surface area contributed by atoms with Crippen LogP contribution in [0.4, 0.5) is 10.1 Å². The Labute approximate surface area is 216 Å². The van der Waals surface area contributed by atoms with Gasteiger partial charge in [-0.25, -0.2) is 14.0 Å². The van der Waals surface area contributed by atoms with E-state index in [1.807, 2.05) is 0 Å². The molecule has 0 spiro atoms. The van der Waals surface area contributed by atoms with Crippen LogP contribution >= 0.6 is 0 Å². The fourth-order valence-corrected chi connectivity index (χ4v) is 4.22. The number of esters is 2. The first-order valence-electron chi connectivity index (χ1n) is 10.9. The van der Waals surface area contributed by atoms with E-state index in [2.05, 4.69) is 0 Å². The van der Waals surface area contributed by atoms with Crippen LogP contribution in [0, 0.1) is 15.5 Å². The number of nitrogens with zero attached hydrogens (tertiary/aromatic N) is 1. The third kappa shape index (κ3) is 7.27. The molecule has 0 saturated heterocycles. The van der Waals surface area contributed by atoms with E-state index in [1.165, 1.54) is 36.4 Å². The quantitative estimate of drug-likeness (QED) is 0.118. The van der Waals surface area contributed by atoms with E-state index in [0.29, 0.717) is 0 Å². The number of ether oxygens (including phenoxy) is 2. The minimum atomic E-state index is -4.75. The van der Waals surface area contributed by atoms with Gasteiger partial charge in [0.2, 0.25) is 0 Å². The van der Waals surface area contributed by atoms with Gasteiger partial charge in [0.1, 0.15) is 6.61 Å². The van der Waals surface area contributed by atoms with Crippen LogP contribution in [0.5, 0.6) is 0 Å². The first-order valence-corrected chi connectivity index (χ1v) is 12.3. The number of alkyl halides is 1. The fraction of sp³-hybridized carbons (Fsp3) is 0.160. The second-order valence-electron chi connectivity index (χ2n) is 7.65. The molecule has 0 radical (unpaired) electrons. The van der Waals surface area contributed by atoms with Crippen molar-refractivity contribution in [3.05, 3.63) is 106 Å². The molecule has 38 heavy (non-hydrogen) atoms. The molecular formula is C25H21FN2O9S. The van der Waals surface area contributed by atoms with Crippen molar-refractivity contribution in [2.75, 3.05) is 6.61 Å². The molecule has 3 atom stereocenters. The van der Waals surface area contributed by atoms with Gasteiger partial charge < -0.3 is 14.9 Å². The second kappa shape index (κ2) is 12.7. The maximum Gasteiger partial charge on any atom is 0.338 e. The number of non-ortho nitro benzene ring substituents is 1. The van der Waals surface area contributed by atoms with Crippen LogP contribution in [0.15, 0.2) is 89.8 Å². The highest BCUT2D eigenvalue weighted by Gasteiger charge is 2.38. The summed E-state index contributed by atoms with van der Waals surface area (Å²) in [6, 6.07) is 18.6. The molecule has 11 nitrogen and oxygen atoms in total. The zero-order chi connectivity index (χ0) is 27.7. The molecule has 1 N–H and O–H groups in total. The van der Waals surface area contributed by atoms with Crippen molar-refractivity contribution >= 4 is 34.0 Å². The smallest absolute Gasteiger partial charge is 0.338 e. The van der Waals surface area contributed by atoms with Gasteiger partial charge in [0.25, 0.3) is 15.8 Å². The molecule has 0 aliphatic rings. The Morgan fingerprint density at radius 3 is 1.95 bits per heavy atom. The lowest BCUT2D eigenvalue weighted by atomic mass is 10.1. The van der Waals surface area contributed by atoms with E-state index in [1.54, 1.807) is 24.3 Å². The molecule has 0 amide bonds. The third-order valence-corrected chi connectivity index (χ3v) is 6.42. The minimum absolute atomic E-state index is 0.00735. The van der Waals surface area contributed by atoms with Crippen molar-refractivity contribution < 1.29 is 41.0 Å². The summed E-state index contributed by atoms with van der Waals surface area (Å²) in [5.74, 6) is -1.94. The number of halogens is 1. The van der Waals surface area contributed by atoms with Crippen LogP contribution in [-0.2, 0) is 23.8 Å². The molecule has 0 aromatic heterocycles. The Kier molecular flexibility index (Phi) is 9.35. The van der Waals surface area contributed by atoms with Gasteiger partial charge >= 0.3 is 11.9 Å². The molecule has 0 aliphatic carbocycles. The van der Waals surface area contributed by atoms with Crippen molar-refractivity contribution in [2.24, 2.45) is 0 Å². The molecule has 0 fully saturated rings. The van der Waals surface area contributed by atoms with E-state index in [4.69, 9.17) is 19.1 Å². The molecule has 0 bridgehead atoms. The van der Waals surface area contributed by atoms with Crippen LogP contribution < -0.4 is 0 Å². The van der Waals surface area contributed by atoms with Crippen LogP contribution in [-0.4, -0.2) is 56.5 Å². The normalized spacial score (nSPS) is 13.5. The highest BCUT2D eigenvalue weighted by atomic mass is 32.2. The first kappa shape index (κ1) is 28.1. The van der Waals surface area contributed by atoms with Gasteiger partial charge in [-0.1, -0.05) is 36.4 Å². The molecule has 3 rings (SSSR count). The predicted molar refractivity (Wildman–Crippen MR) is 131 cm³/mol. The fourth-order valence-electron chi connectivity index (χ4n) is 3.15. The highest BCUT2D eigenvalue weighted by Crippen LogP contribution is 2.23. The van der Waals surface area contributed by atoms with E-state index in [-0.39, 0.29) is 23.0 Å². The molecular weight excluding hydrogens is 523 g/mol. The summed E-state index contributed by atoms with van der Waals surface area (Å²) in [6.07, 6.45) is -6.05. The van der Waals surface area contributed by atoms with Gasteiger partial charge in [0.05, 0.1) is 20.9 Å². The first-order chi connectivity index (χ1) is 18.1. The summed E-state index contributed by atoms with van der Waals surface area (Å²) in [5.41, 5.74) is -0.279. The van der Waals surface area contributed by atoms with E-state index in [0.717, 1.165) is 24.3 Å². The highest BCUT2D eigenvalue weighted by molar-refractivity contribution is 7.86. The number of benzene rings is 3. The van der Waals surface area contributed by atoms with Gasteiger partial charge in [-0.15, -0.1) is 0 Å². The van der Waals surface area contributed by atoms with Crippen LogP contribution in [0.2, 0.25) is 0 Å². The SMILES string of the molecule is N=C[C@@H](F)[C@H](OC(=O)c1ccccc1)[C@@H](COC(=O)c1ccccc1)OS(=O)(=O)c1ccc([N+](=O)[O-])cc1. The largest absolute Gasteiger partial charge is 0.459 e. The maximum atomic E-state index is 14.9. The molecule has 3 aromatic rings. The van der Waals surface area contributed by atoms with Crippen LogP contribution in [0.3, 0.4) is 0 Å². The average molecular weight is 545 g/mol. The Bertz CT molecular complexity index is 1390. The van der Waals surface area contributed by atoms with Gasteiger partial charge in [-0.05, 0) is 36.4 Å². The van der Waals surface area contributed by atoms with Gasteiger partial charge in [0.15, 0.2) is 18.4 Å². The van der Waals surface area contributed by atoms with Crippen molar-refractivity contribution in [2.45, 2.75) is 23.3 Å². The van der Waals surface area contributed by atoms with Crippen molar-refractivity contribution in [1.29, 1.82) is 5.41 Å². The molecule has 0 unspecified atom stereocenters. The summed E-state index contributed by atoms with van der Waals surface area (Å²) in [5, 5.41) is 18.2. The third-order valence-electron chi connectivity index (χ3n) is 5.07. The average Bonchev–Trinajstić information content (AvgIpc) is 2.94. The molecule has 0 saturated carbocycles.